The Hall–Kier alpha value is -0.980. The lowest BCUT2D eigenvalue weighted by Crippen LogP contribution is -2.58. The van der Waals surface area contributed by atoms with Crippen LogP contribution in [-0.2, 0) is 19.3 Å². The fourth-order valence-corrected chi connectivity index (χ4v) is 1.70. The van der Waals surface area contributed by atoms with Crippen molar-refractivity contribution in [3.05, 3.63) is 10.4 Å². The lowest BCUT2D eigenvalue weighted by molar-refractivity contribution is -0.247. The average molecular weight is 284 g/mol. The summed E-state index contributed by atoms with van der Waals surface area (Å²) in [5, 5.41) is 31.4. The van der Waals surface area contributed by atoms with Gasteiger partial charge in [0.2, 0.25) is 10.4 Å². The Morgan fingerprint density at radius 2 is 2.00 bits per heavy atom. The Bertz CT molecular complexity index is 434. The quantitative estimate of drug-likeness (QED) is 0.167. The SMILES string of the molecule is [N-]=[N+]=NC1[C@H](O)OC(COS(=O)(=O)[O-])[C@@H](O)[C@@H]1O. The standard InChI is InChI=1S/C6H11N3O8S/c7-9-8-3-5(11)4(10)2(17-6(3)12)1-16-18(13,14)15/h2-6,10-12H,1H2,(H,13,14,15)/p-1/t2?,3?,4-,5-,6-/m1/s1. The molecule has 12 heteroatoms. The minimum absolute atomic E-state index is 0.885. The van der Waals surface area contributed by atoms with Crippen LogP contribution in [0.5, 0.6) is 0 Å². The first-order valence-electron chi connectivity index (χ1n) is 4.60. The van der Waals surface area contributed by atoms with Crippen LogP contribution in [0.2, 0.25) is 0 Å². The first-order chi connectivity index (χ1) is 8.26. The van der Waals surface area contributed by atoms with Gasteiger partial charge in [-0.05, 0) is 5.53 Å². The van der Waals surface area contributed by atoms with E-state index >= 15 is 0 Å². The Morgan fingerprint density at radius 1 is 1.39 bits per heavy atom. The van der Waals surface area contributed by atoms with E-state index in [9.17, 15) is 28.3 Å². The van der Waals surface area contributed by atoms with E-state index in [0.29, 0.717) is 0 Å². The van der Waals surface area contributed by atoms with Gasteiger partial charge in [0.15, 0.2) is 6.29 Å². The fourth-order valence-electron chi connectivity index (χ4n) is 1.40. The summed E-state index contributed by atoms with van der Waals surface area (Å²) in [6, 6.07) is -1.45. The Labute approximate surface area is 101 Å². The summed E-state index contributed by atoms with van der Waals surface area (Å²) >= 11 is 0. The molecule has 0 amide bonds. The van der Waals surface area contributed by atoms with Crippen LogP contribution in [0.4, 0.5) is 0 Å². The minimum atomic E-state index is -4.99. The van der Waals surface area contributed by atoms with Gasteiger partial charge in [0.1, 0.15) is 18.2 Å². The Balaban J connectivity index is 2.72. The van der Waals surface area contributed by atoms with Crippen LogP contribution in [0.15, 0.2) is 5.11 Å². The molecule has 3 N–H and O–H groups in total. The van der Waals surface area contributed by atoms with Crippen LogP contribution in [0.1, 0.15) is 0 Å². The number of azide groups is 1. The molecule has 1 fully saturated rings. The molecule has 0 radical (unpaired) electrons. The van der Waals surface area contributed by atoms with E-state index in [1.165, 1.54) is 0 Å². The summed E-state index contributed by atoms with van der Waals surface area (Å²) in [6.07, 6.45) is -6.59. The van der Waals surface area contributed by atoms with Gasteiger partial charge in [-0.3, -0.25) is 4.18 Å². The third kappa shape index (κ3) is 3.76. The summed E-state index contributed by atoms with van der Waals surface area (Å²) in [6.45, 7) is -0.885. The highest BCUT2D eigenvalue weighted by molar-refractivity contribution is 7.80. The zero-order chi connectivity index (χ0) is 13.9. The summed E-state index contributed by atoms with van der Waals surface area (Å²) in [7, 11) is -4.99. The summed E-state index contributed by atoms with van der Waals surface area (Å²) in [5.74, 6) is 0. The number of hydrogen-bond donors (Lipinski definition) is 3. The molecular formula is C6H10N3O8S-. The molecule has 104 valence electrons. The highest BCUT2D eigenvalue weighted by atomic mass is 32.3. The maximum atomic E-state index is 10.2. The normalized spacial score (nSPS) is 37.0. The van der Waals surface area contributed by atoms with Crippen molar-refractivity contribution >= 4 is 10.4 Å². The molecule has 0 aromatic rings. The molecule has 0 saturated carbocycles. The van der Waals surface area contributed by atoms with Gasteiger partial charge in [0.05, 0.1) is 12.7 Å². The second-order valence-electron chi connectivity index (χ2n) is 3.43. The highest BCUT2D eigenvalue weighted by Gasteiger charge is 2.43. The number of aliphatic hydroxyl groups is 3. The zero-order valence-corrected chi connectivity index (χ0v) is 9.54. The number of ether oxygens (including phenoxy) is 1. The molecule has 1 rings (SSSR count). The summed E-state index contributed by atoms with van der Waals surface area (Å²) in [4.78, 5) is 2.34. The third-order valence-corrected chi connectivity index (χ3v) is 2.67. The van der Waals surface area contributed by atoms with Crippen LogP contribution in [0.25, 0.3) is 10.4 Å². The second kappa shape index (κ2) is 5.77. The maximum absolute atomic E-state index is 10.2. The monoisotopic (exact) mass is 284 g/mol. The highest BCUT2D eigenvalue weighted by Crippen LogP contribution is 2.22. The maximum Gasteiger partial charge on any atom is 0.217 e. The van der Waals surface area contributed by atoms with Gasteiger partial charge in [0, 0.05) is 4.91 Å². The Morgan fingerprint density at radius 3 is 2.50 bits per heavy atom. The summed E-state index contributed by atoms with van der Waals surface area (Å²) in [5.41, 5.74) is 8.17. The van der Waals surface area contributed by atoms with Crippen LogP contribution in [0, 0.1) is 0 Å². The van der Waals surface area contributed by atoms with Crippen LogP contribution >= 0.6 is 0 Å². The average Bonchev–Trinajstić information content (AvgIpc) is 2.26. The van der Waals surface area contributed by atoms with Crippen LogP contribution < -0.4 is 0 Å². The Kier molecular flexibility index (Phi) is 4.84. The molecule has 1 aliphatic rings. The third-order valence-electron chi connectivity index (χ3n) is 2.25. The number of rotatable bonds is 4. The van der Waals surface area contributed by atoms with E-state index in [1.807, 2.05) is 0 Å². The van der Waals surface area contributed by atoms with Gasteiger partial charge >= 0.3 is 0 Å². The van der Waals surface area contributed by atoms with Gasteiger partial charge in [-0.2, -0.15) is 0 Å². The van der Waals surface area contributed by atoms with Gasteiger partial charge in [-0.15, -0.1) is 0 Å². The van der Waals surface area contributed by atoms with Gasteiger partial charge in [-0.25, -0.2) is 8.42 Å². The van der Waals surface area contributed by atoms with Gasteiger partial charge < -0.3 is 24.6 Å². The van der Waals surface area contributed by atoms with E-state index in [-0.39, 0.29) is 0 Å². The number of hydrogen-bond acceptors (Lipinski definition) is 9. The molecule has 5 atom stereocenters. The molecule has 1 saturated heterocycles. The van der Waals surface area contributed by atoms with E-state index in [4.69, 9.17) is 5.53 Å². The topological polar surface area (TPSA) is 185 Å². The first-order valence-corrected chi connectivity index (χ1v) is 5.93. The van der Waals surface area contributed by atoms with Crippen molar-refractivity contribution in [2.45, 2.75) is 30.6 Å². The second-order valence-corrected chi connectivity index (χ2v) is 4.49. The smallest absolute Gasteiger partial charge is 0.217 e. The first kappa shape index (κ1) is 15.1. The predicted molar refractivity (Wildman–Crippen MR) is 51.5 cm³/mol. The van der Waals surface area contributed by atoms with E-state index < -0.39 is 47.6 Å². The molecular weight excluding hydrogens is 274 g/mol. The fraction of sp³-hybridized carbons (Fsp3) is 1.00. The molecule has 0 aliphatic carbocycles. The van der Waals surface area contributed by atoms with Crippen molar-refractivity contribution in [2.24, 2.45) is 5.11 Å². The molecule has 18 heavy (non-hydrogen) atoms. The molecule has 2 unspecified atom stereocenters. The van der Waals surface area contributed by atoms with E-state index in [1.54, 1.807) is 0 Å². The number of aliphatic hydroxyl groups excluding tert-OH is 3. The van der Waals surface area contributed by atoms with Crippen LogP contribution in [0.3, 0.4) is 0 Å². The molecule has 0 aromatic carbocycles. The van der Waals surface area contributed by atoms with Crippen molar-refractivity contribution in [3.8, 4) is 0 Å². The van der Waals surface area contributed by atoms with Crippen LogP contribution in [-0.4, -0.2) is 65.5 Å². The molecule has 0 aromatic heterocycles. The van der Waals surface area contributed by atoms with E-state index in [2.05, 4.69) is 18.9 Å². The van der Waals surface area contributed by atoms with Crippen molar-refractivity contribution < 1.29 is 37.2 Å². The van der Waals surface area contributed by atoms with Crippen molar-refractivity contribution in [3.63, 3.8) is 0 Å². The van der Waals surface area contributed by atoms with Gasteiger partial charge in [0.25, 0.3) is 0 Å². The predicted octanol–water partition coefficient (Wildman–Crippen LogP) is -2.42. The molecule has 1 aliphatic heterocycles. The molecule has 0 bridgehead atoms. The van der Waals surface area contributed by atoms with Crippen molar-refractivity contribution in [1.29, 1.82) is 0 Å². The lowest BCUT2D eigenvalue weighted by Gasteiger charge is -2.38. The van der Waals surface area contributed by atoms with Crippen molar-refractivity contribution in [2.75, 3.05) is 6.61 Å². The zero-order valence-electron chi connectivity index (χ0n) is 8.73. The summed E-state index contributed by atoms with van der Waals surface area (Å²) < 4.78 is 39.1. The largest absolute Gasteiger partial charge is 0.726 e. The molecule has 0 spiro atoms. The van der Waals surface area contributed by atoms with E-state index in [0.717, 1.165) is 0 Å². The molecule has 11 nitrogen and oxygen atoms in total. The van der Waals surface area contributed by atoms with Gasteiger partial charge in [-0.1, -0.05) is 5.11 Å². The number of nitrogens with zero attached hydrogens (tertiary/aromatic N) is 3. The molecule has 1 heterocycles. The minimum Gasteiger partial charge on any atom is -0.726 e. The lowest BCUT2D eigenvalue weighted by atomic mass is 9.98. The van der Waals surface area contributed by atoms with Crippen molar-refractivity contribution in [1.82, 2.24) is 0 Å².